The summed E-state index contributed by atoms with van der Waals surface area (Å²) in [6, 6.07) is 9.42. The number of anilines is 1. The third-order valence-corrected chi connectivity index (χ3v) is 3.29. The van der Waals surface area contributed by atoms with E-state index in [1.54, 1.807) is 12.1 Å². The Morgan fingerprint density at radius 3 is 2.45 bits per heavy atom. The SMILES string of the molecule is COc1cc(N)c(C)c(Cc2cccc(OC(F)(F)F)c2)c1. The van der Waals surface area contributed by atoms with Crippen molar-refractivity contribution in [2.24, 2.45) is 0 Å². The van der Waals surface area contributed by atoms with E-state index in [0.717, 1.165) is 11.1 Å². The van der Waals surface area contributed by atoms with Crippen LogP contribution >= 0.6 is 0 Å². The fraction of sp³-hybridized carbons (Fsp3) is 0.250. The van der Waals surface area contributed by atoms with Gasteiger partial charge >= 0.3 is 6.36 Å². The summed E-state index contributed by atoms with van der Waals surface area (Å²) in [5.41, 5.74) is 8.95. The van der Waals surface area contributed by atoms with E-state index in [2.05, 4.69) is 4.74 Å². The van der Waals surface area contributed by atoms with Crippen LogP contribution in [0.4, 0.5) is 18.9 Å². The summed E-state index contributed by atoms with van der Waals surface area (Å²) in [5, 5.41) is 0. The standard InChI is InChI=1S/C16H16F3NO2/c1-10-12(8-14(21-2)9-15(10)20)6-11-4-3-5-13(7-11)22-16(17,18)19/h3-5,7-9H,6,20H2,1-2H3. The number of halogens is 3. The van der Waals surface area contributed by atoms with Crippen LogP contribution in [0, 0.1) is 6.92 Å². The van der Waals surface area contributed by atoms with Crippen molar-refractivity contribution in [3.8, 4) is 11.5 Å². The minimum Gasteiger partial charge on any atom is -0.497 e. The number of benzene rings is 2. The maximum absolute atomic E-state index is 12.3. The molecule has 0 aliphatic rings. The van der Waals surface area contributed by atoms with E-state index >= 15 is 0 Å². The number of methoxy groups -OCH3 is 1. The van der Waals surface area contributed by atoms with Crippen LogP contribution < -0.4 is 15.2 Å². The molecule has 0 bridgehead atoms. The first kappa shape index (κ1) is 16.0. The van der Waals surface area contributed by atoms with Crippen LogP contribution in [0.1, 0.15) is 16.7 Å². The first-order valence-corrected chi connectivity index (χ1v) is 6.56. The van der Waals surface area contributed by atoms with Gasteiger partial charge in [0.2, 0.25) is 0 Å². The molecule has 2 aromatic carbocycles. The van der Waals surface area contributed by atoms with E-state index < -0.39 is 6.36 Å². The molecular formula is C16H16F3NO2. The molecule has 2 aromatic rings. The largest absolute Gasteiger partial charge is 0.573 e. The fourth-order valence-corrected chi connectivity index (χ4v) is 2.14. The average molecular weight is 311 g/mol. The molecule has 0 spiro atoms. The van der Waals surface area contributed by atoms with Crippen LogP contribution in [0.15, 0.2) is 36.4 Å². The molecule has 0 saturated heterocycles. The van der Waals surface area contributed by atoms with Gasteiger partial charge in [-0.2, -0.15) is 0 Å². The van der Waals surface area contributed by atoms with Crippen LogP contribution in [0.25, 0.3) is 0 Å². The van der Waals surface area contributed by atoms with Crippen molar-refractivity contribution in [2.75, 3.05) is 12.8 Å². The molecular weight excluding hydrogens is 295 g/mol. The second-order valence-corrected chi connectivity index (χ2v) is 4.87. The van der Waals surface area contributed by atoms with Crippen molar-refractivity contribution in [3.63, 3.8) is 0 Å². The summed E-state index contributed by atoms with van der Waals surface area (Å²) in [6.45, 7) is 1.86. The van der Waals surface area contributed by atoms with Crippen molar-refractivity contribution in [1.82, 2.24) is 0 Å². The Labute approximate surface area is 126 Å². The minimum atomic E-state index is -4.70. The topological polar surface area (TPSA) is 44.5 Å². The van der Waals surface area contributed by atoms with Crippen molar-refractivity contribution >= 4 is 5.69 Å². The molecule has 2 rings (SSSR count). The Hall–Kier alpha value is -2.37. The fourth-order valence-electron chi connectivity index (χ4n) is 2.14. The number of nitrogens with two attached hydrogens (primary N) is 1. The second-order valence-electron chi connectivity index (χ2n) is 4.87. The van der Waals surface area contributed by atoms with Crippen molar-refractivity contribution in [2.45, 2.75) is 19.7 Å². The van der Waals surface area contributed by atoms with Gasteiger partial charge in [-0.1, -0.05) is 12.1 Å². The third-order valence-electron chi connectivity index (χ3n) is 3.29. The number of hydrogen-bond acceptors (Lipinski definition) is 3. The van der Waals surface area contributed by atoms with E-state index in [9.17, 15) is 13.2 Å². The zero-order valence-electron chi connectivity index (χ0n) is 12.2. The predicted molar refractivity (Wildman–Crippen MR) is 78.1 cm³/mol. The molecule has 0 heterocycles. The first-order chi connectivity index (χ1) is 10.3. The molecule has 2 N–H and O–H groups in total. The molecule has 0 saturated carbocycles. The average Bonchev–Trinajstić information content (AvgIpc) is 2.42. The summed E-state index contributed by atoms with van der Waals surface area (Å²) in [4.78, 5) is 0. The lowest BCUT2D eigenvalue weighted by Gasteiger charge is -2.13. The Morgan fingerprint density at radius 1 is 1.09 bits per heavy atom. The van der Waals surface area contributed by atoms with E-state index in [-0.39, 0.29) is 5.75 Å². The quantitative estimate of drug-likeness (QED) is 0.866. The van der Waals surface area contributed by atoms with Crippen molar-refractivity contribution in [3.05, 3.63) is 53.1 Å². The van der Waals surface area contributed by atoms with Gasteiger partial charge in [-0.25, -0.2) is 0 Å². The van der Waals surface area contributed by atoms with Crippen LogP contribution in [0.2, 0.25) is 0 Å². The Kier molecular flexibility index (Phi) is 4.49. The van der Waals surface area contributed by atoms with Gasteiger partial charge in [0.05, 0.1) is 7.11 Å². The third kappa shape index (κ3) is 4.07. The molecule has 0 atom stereocenters. The number of alkyl halides is 3. The highest BCUT2D eigenvalue weighted by atomic mass is 19.4. The molecule has 22 heavy (non-hydrogen) atoms. The normalized spacial score (nSPS) is 11.3. The van der Waals surface area contributed by atoms with Gasteiger partial charge in [-0.15, -0.1) is 13.2 Å². The molecule has 6 heteroatoms. The highest BCUT2D eigenvalue weighted by Gasteiger charge is 2.31. The highest BCUT2D eigenvalue weighted by molar-refractivity contribution is 5.56. The zero-order chi connectivity index (χ0) is 16.3. The van der Waals surface area contributed by atoms with Crippen molar-refractivity contribution < 1.29 is 22.6 Å². The van der Waals surface area contributed by atoms with E-state index in [1.165, 1.54) is 25.3 Å². The lowest BCUT2D eigenvalue weighted by molar-refractivity contribution is -0.274. The van der Waals surface area contributed by atoms with Gasteiger partial charge in [0.15, 0.2) is 0 Å². The number of hydrogen-bond donors (Lipinski definition) is 1. The minimum absolute atomic E-state index is 0.237. The van der Waals surface area contributed by atoms with Gasteiger partial charge in [0, 0.05) is 11.8 Å². The van der Waals surface area contributed by atoms with Gasteiger partial charge in [-0.3, -0.25) is 0 Å². The summed E-state index contributed by atoms with van der Waals surface area (Å²) < 4.78 is 45.9. The van der Waals surface area contributed by atoms with Gasteiger partial charge < -0.3 is 15.2 Å². The highest BCUT2D eigenvalue weighted by Crippen LogP contribution is 2.28. The van der Waals surface area contributed by atoms with E-state index in [1.807, 2.05) is 13.0 Å². The molecule has 0 aliphatic carbocycles. The zero-order valence-corrected chi connectivity index (χ0v) is 12.2. The molecule has 0 radical (unpaired) electrons. The maximum Gasteiger partial charge on any atom is 0.573 e. The smallest absolute Gasteiger partial charge is 0.497 e. The number of ether oxygens (including phenoxy) is 2. The van der Waals surface area contributed by atoms with Crippen LogP contribution in [-0.2, 0) is 6.42 Å². The van der Waals surface area contributed by atoms with Crippen molar-refractivity contribution in [1.29, 1.82) is 0 Å². The summed E-state index contributed by atoms with van der Waals surface area (Å²) in [6.07, 6.45) is -4.27. The van der Waals surface area contributed by atoms with E-state index in [0.29, 0.717) is 23.4 Å². The molecule has 0 fully saturated rings. The first-order valence-electron chi connectivity index (χ1n) is 6.56. The summed E-state index contributed by atoms with van der Waals surface area (Å²) in [5.74, 6) is 0.374. The van der Waals surface area contributed by atoms with Crippen LogP contribution in [0.3, 0.4) is 0 Å². The Bertz CT molecular complexity index is 669. The van der Waals surface area contributed by atoms with Gasteiger partial charge in [0.1, 0.15) is 11.5 Å². The predicted octanol–water partition coefficient (Wildman–Crippen LogP) is 4.08. The summed E-state index contributed by atoms with van der Waals surface area (Å²) >= 11 is 0. The summed E-state index contributed by atoms with van der Waals surface area (Å²) in [7, 11) is 1.53. The van der Waals surface area contributed by atoms with E-state index in [4.69, 9.17) is 10.5 Å². The molecule has 0 amide bonds. The molecule has 0 aliphatic heterocycles. The molecule has 118 valence electrons. The molecule has 0 aromatic heterocycles. The second kappa shape index (κ2) is 6.17. The molecule has 3 nitrogen and oxygen atoms in total. The molecule has 0 unspecified atom stereocenters. The Morgan fingerprint density at radius 2 is 1.82 bits per heavy atom. The number of nitrogen functional groups attached to an aromatic ring is 1. The van der Waals surface area contributed by atoms with Crippen LogP contribution in [0.5, 0.6) is 11.5 Å². The van der Waals surface area contributed by atoms with Gasteiger partial charge in [0.25, 0.3) is 0 Å². The van der Waals surface area contributed by atoms with Crippen LogP contribution in [-0.4, -0.2) is 13.5 Å². The monoisotopic (exact) mass is 311 g/mol. The lowest BCUT2D eigenvalue weighted by atomic mass is 9.99. The van der Waals surface area contributed by atoms with Gasteiger partial charge in [-0.05, 0) is 48.2 Å². The number of rotatable bonds is 4. The maximum atomic E-state index is 12.3. The lowest BCUT2D eigenvalue weighted by Crippen LogP contribution is -2.17. The Balaban J connectivity index is 2.28.